The molecule has 3 rings (SSSR count). The van der Waals surface area contributed by atoms with Crippen molar-refractivity contribution in [3.05, 3.63) is 0 Å². The van der Waals surface area contributed by atoms with Crippen molar-refractivity contribution >= 4 is 5.97 Å². The third kappa shape index (κ3) is 2.05. The summed E-state index contributed by atoms with van der Waals surface area (Å²) in [5.74, 6) is -3.11. The van der Waals surface area contributed by atoms with E-state index in [9.17, 15) is 13.6 Å². The van der Waals surface area contributed by atoms with Crippen LogP contribution >= 0.6 is 0 Å². The molecule has 2 saturated carbocycles. The van der Waals surface area contributed by atoms with Crippen molar-refractivity contribution < 1.29 is 18.3 Å². The minimum Gasteiger partial charge on any atom is -0.456 e. The summed E-state index contributed by atoms with van der Waals surface area (Å²) in [6, 6.07) is 0.446. The molecule has 0 aromatic carbocycles. The van der Waals surface area contributed by atoms with Gasteiger partial charge < -0.3 is 10.1 Å². The zero-order chi connectivity index (χ0) is 12.0. The van der Waals surface area contributed by atoms with Crippen LogP contribution in [0, 0.1) is 11.8 Å². The highest BCUT2D eigenvalue weighted by atomic mass is 19.3. The Morgan fingerprint density at radius 1 is 1.35 bits per heavy atom. The third-order valence-corrected chi connectivity index (χ3v) is 4.40. The molecule has 0 spiro atoms. The summed E-state index contributed by atoms with van der Waals surface area (Å²) in [6.45, 7) is 0.370. The number of nitrogens with one attached hydrogen (secondary N) is 1. The van der Waals surface area contributed by atoms with E-state index in [4.69, 9.17) is 0 Å². The summed E-state index contributed by atoms with van der Waals surface area (Å²) in [7, 11) is 0. The second-order valence-electron chi connectivity index (χ2n) is 5.63. The van der Waals surface area contributed by atoms with Crippen molar-refractivity contribution in [3.8, 4) is 0 Å². The fraction of sp³-hybridized carbons (Fsp3) is 0.917. The summed E-state index contributed by atoms with van der Waals surface area (Å²) in [5, 5.41) is 3.30. The number of carbonyl (C=O) groups excluding carboxylic acids is 1. The van der Waals surface area contributed by atoms with Gasteiger partial charge in [0, 0.05) is 12.6 Å². The van der Waals surface area contributed by atoms with Crippen molar-refractivity contribution in [1.82, 2.24) is 5.32 Å². The number of fused-ring (bicyclic) bond motifs is 2. The number of hydrogen-bond donors (Lipinski definition) is 1. The van der Waals surface area contributed by atoms with Gasteiger partial charge in [0.15, 0.2) is 0 Å². The maximum atomic E-state index is 12.9. The van der Waals surface area contributed by atoms with Crippen molar-refractivity contribution in [2.45, 2.75) is 50.2 Å². The van der Waals surface area contributed by atoms with E-state index in [0.29, 0.717) is 18.5 Å². The van der Waals surface area contributed by atoms with E-state index in [1.165, 1.54) is 19.3 Å². The van der Waals surface area contributed by atoms with Gasteiger partial charge in [0.25, 0.3) is 0 Å². The van der Waals surface area contributed by atoms with Crippen LogP contribution in [0.4, 0.5) is 8.78 Å². The molecule has 4 unspecified atom stereocenters. The van der Waals surface area contributed by atoms with E-state index in [-0.39, 0.29) is 0 Å². The van der Waals surface area contributed by atoms with Gasteiger partial charge in [-0.1, -0.05) is 6.42 Å². The maximum absolute atomic E-state index is 12.9. The van der Waals surface area contributed by atoms with Crippen molar-refractivity contribution in [1.29, 1.82) is 0 Å². The number of halogens is 2. The van der Waals surface area contributed by atoms with Gasteiger partial charge in [-0.15, -0.1) is 0 Å². The summed E-state index contributed by atoms with van der Waals surface area (Å²) in [6.07, 6.45) is 3.87. The zero-order valence-electron chi connectivity index (χ0n) is 9.62. The molecule has 1 saturated heterocycles. The Labute approximate surface area is 98.9 Å². The highest BCUT2D eigenvalue weighted by molar-refractivity contribution is 5.79. The second-order valence-corrected chi connectivity index (χ2v) is 5.63. The zero-order valence-corrected chi connectivity index (χ0v) is 9.62. The van der Waals surface area contributed by atoms with Gasteiger partial charge in [0.2, 0.25) is 0 Å². The number of ether oxygens (including phenoxy) is 1. The van der Waals surface area contributed by atoms with E-state index in [1.807, 2.05) is 0 Å². The lowest BCUT2D eigenvalue weighted by Gasteiger charge is -2.24. The van der Waals surface area contributed by atoms with E-state index < -0.39 is 24.4 Å². The largest absolute Gasteiger partial charge is 0.456 e. The Balaban J connectivity index is 1.48. The second kappa shape index (κ2) is 3.90. The first-order valence-corrected chi connectivity index (χ1v) is 6.37. The Hall–Kier alpha value is -0.710. The Bertz CT molecular complexity index is 334. The summed E-state index contributed by atoms with van der Waals surface area (Å²) in [4.78, 5) is 10.8. The molecular weight excluding hydrogens is 228 g/mol. The van der Waals surface area contributed by atoms with Crippen LogP contribution in [0.5, 0.6) is 0 Å². The van der Waals surface area contributed by atoms with Crippen LogP contribution in [0.1, 0.15) is 32.1 Å². The monoisotopic (exact) mass is 245 g/mol. The van der Waals surface area contributed by atoms with Crippen LogP contribution in [0.25, 0.3) is 0 Å². The van der Waals surface area contributed by atoms with Gasteiger partial charge in [-0.05, 0) is 31.1 Å². The molecular formula is C12H17F2NO2. The van der Waals surface area contributed by atoms with Gasteiger partial charge in [0.05, 0.1) is 6.42 Å². The van der Waals surface area contributed by atoms with Crippen molar-refractivity contribution in [2.24, 2.45) is 11.8 Å². The number of carbonyl (C=O) groups is 1. The maximum Gasteiger partial charge on any atom is 0.377 e. The predicted octanol–water partition coefficient (Wildman–Crippen LogP) is 1.72. The molecule has 1 heterocycles. The SMILES string of the molecule is O=C1OC(CNC2CC3CCC2C3)CC1(F)F. The van der Waals surface area contributed by atoms with Crippen LogP contribution in [0.2, 0.25) is 0 Å². The number of esters is 1. The van der Waals surface area contributed by atoms with Gasteiger partial charge in [0.1, 0.15) is 6.10 Å². The number of hydrogen-bond acceptors (Lipinski definition) is 3. The van der Waals surface area contributed by atoms with Gasteiger partial charge in [-0.25, -0.2) is 4.79 Å². The average Bonchev–Trinajstić information content (AvgIpc) is 2.91. The van der Waals surface area contributed by atoms with Crippen molar-refractivity contribution in [3.63, 3.8) is 0 Å². The van der Waals surface area contributed by atoms with E-state index in [1.54, 1.807) is 0 Å². The average molecular weight is 245 g/mol. The van der Waals surface area contributed by atoms with Crippen LogP contribution in [-0.4, -0.2) is 30.6 Å². The van der Waals surface area contributed by atoms with Crippen LogP contribution in [-0.2, 0) is 9.53 Å². The molecule has 0 radical (unpaired) electrons. The number of rotatable bonds is 3. The predicted molar refractivity (Wildman–Crippen MR) is 56.7 cm³/mol. The fourth-order valence-corrected chi connectivity index (χ4v) is 3.54. The van der Waals surface area contributed by atoms with Crippen LogP contribution in [0.15, 0.2) is 0 Å². The molecule has 3 fully saturated rings. The standard InChI is InChI=1S/C12H17F2NO2/c13-12(14)5-9(17-11(12)16)6-15-10-4-7-1-2-8(10)3-7/h7-10,15H,1-6H2. The first kappa shape index (κ1) is 11.4. The molecule has 1 aliphatic heterocycles. The quantitative estimate of drug-likeness (QED) is 0.769. The topological polar surface area (TPSA) is 38.3 Å². The Morgan fingerprint density at radius 3 is 2.71 bits per heavy atom. The molecule has 17 heavy (non-hydrogen) atoms. The first-order chi connectivity index (χ1) is 8.04. The molecule has 2 bridgehead atoms. The highest BCUT2D eigenvalue weighted by Gasteiger charge is 2.51. The lowest BCUT2D eigenvalue weighted by molar-refractivity contribution is -0.159. The molecule has 2 aliphatic carbocycles. The molecule has 0 aromatic rings. The van der Waals surface area contributed by atoms with Crippen LogP contribution in [0.3, 0.4) is 0 Å². The fourth-order valence-electron chi connectivity index (χ4n) is 3.54. The van der Waals surface area contributed by atoms with Gasteiger partial charge >= 0.3 is 11.9 Å². The lowest BCUT2D eigenvalue weighted by Crippen LogP contribution is -2.38. The van der Waals surface area contributed by atoms with Gasteiger partial charge in [-0.2, -0.15) is 8.78 Å². The third-order valence-electron chi connectivity index (χ3n) is 4.40. The van der Waals surface area contributed by atoms with E-state index >= 15 is 0 Å². The normalized spacial score (nSPS) is 43.1. The Morgan fingerprint density at radius 2 is 2.18 bits per heavy atom. The molecule has 5 heteroatoms. The molecule has 96 valence electrons. The van der Waals surface area contributed by atoms with E-state index in [0.717, 1.165) is 12.3 Å². The van der Waals surface area contributed by atoms with Gasteiger partial charge in [-0.3, -0.25) is 0 Å². The molecule has 3 nitrogen and oxygen atoms in total. The molecule has 3 aliphatic rings. The smallest absolute Gasteiger partial charge is 0.377 e. The van der Waals surface area contributed by atoms with Crippen molar-refractivity contribution in [2.75, 3.05) is 6.54 Å². The van der Waals surface area contributed by atoms with Crippen LogP contribution < -0.4 is 5.32 Å². The summed E-state index contributed by atoms with van der Waals surface area (Å²) < 4.78 is 30.5. The number of alkyl halides is 2. The van der Waals surface area contributed by atoms with E-state index in [2.05, 4.69) is 10.1 Å². The molecule has 0 aromatic heterocycles. The number of cyclic esters (lactones) is 1. The Kier molecular flexibility index (Phi) is 2.61. The summed E-state index contributed by atoms with van der Waals surface area (Å²) >= 11 is 0. The molecule has 0 amide bonds. The molecule has 4 atom stereocenters. The first-order valence-electron chi connectivity index (χ1n) is 6.37. The lowest BCUT2D eigenvalue weighted by atomic mass is 9.95. The summed E-state index contributed by atoms with van der Waals surface area (Å²) in [5.41, 5.74) is 0. The highest BCUT2D eigenvalue weighted by Crippen LogP contribution is 2.44. The minimum absolute atomic E-state index is 0.370. The molecule has 1 N–H and O–H groups in total. The minimum atomic E-state index is -3.28.